The Morgan fingerprint density at radius 1 is 1.29 bits per heavy atom. The highest BCUT2D eigenvalue weighted by Gasteiger charge is 2.25. The summed E-state index contributed by atoms with van der Waals surface area (Å²) in [7, 11) is 5.64. The number of rotatable bonds is 8. The van der Waals surface area contributed by atoms with E-state index in [1.54, 1.807) is 13.4 Å². The molecule has 1 aromatic carbocycles. The van der Waals surface area contributed by atoms with E-state index in [-0.39, 0.29) is 12.1 Å². The van der Waals surface area contributed by atoms with Crippen molar-refractivity contribution in [1.82, 2.24) is 15.5 Å². The number of anilines is 1. The molecule has 2 N–H and O–H groups in total. The van der Waals surface area contributed by atoms with Crippen molar-refractivity contribution in [3.63, 3.8) is 0 Å². The normalized spacial score (nSPS) is 17.6. The minimum absolute atomic E-state index is 0.00766. The average Bonchev–Trinajstić information content (AvgIpc) is 3.38. The van der Waals surface area contributed by atoms with Crippen molar-refractivity contribution in [2.75, 3.05) is 52.3 Å². The standard InChI is InChI=1S/C21H30N4O3/c1-24(2)18(20-9-6-12-28-20)14-23-21(26)22-13-16-10-11-25(15-16)17-7-4-5-8-19(17)27-3/h4-9,12,16,18H,10-11,13-15H2,1-3H3,(H2,22,23,26). The smallest absolute Gasteiger partial charge is 0.314 e. The second-order valence-electron chi connectivity index (χ2n) is 7.36. The zero-order valence-corrected chi connectivity index (χ0v) is 16.9. The Labute approximate surface area is 166 Å². The number of nitrogens with zero attached hydrogens (tertiary/aromatic N) is 2. The first-order valence-corrected chi connectivity index (χ1v) is 9.68. The van der Waals surface area contributed by atoms with E-state index in [4.69, 9.17) is 9.15 Å². The van der Waals surface area contributed by atoms with Crippen molar-refractivity contribution < 1.29 is 13.9 Å². The lowest BCUT2D eigenvalue weighted by molar-refractivity contribution is 0.224. The van der Waals surface area contributed by atoms with Crippen LogP contribution in [0.2, 0.25) is 0 Å². The average molecular weight is 386 g/mol. The SMILES string of the molecule is COc1ccccc1N1CCC(CNC(=O)NCC(c2ccco2)N(C)C)C1. The fourth-order valence-corrected chi connectivity index (χ4v) is 3.62. The molecule has 1 saturated heterocycles. The Balaban J connectivity index is 1.44. The summed E-state index contributed by atoms with van der Waals surface area (Å²) in [6.07, 6.45) is 2.70. The topological polar surface area (TPSA) is 70.0 Å². The first-order valence-electron chi connectivity index (χ1n) is 9.68. The van der Waals surface area contributed by atoms with Gasteiger partial charge in [-0.1, -0.05) is 12.1 Å². The minimum Gasteiger partial charge on any atom is -0.495 e. The molecule has 0 radical (unpaired) electrons. The first-order chi connectivity index (χ1) is 13.6. The van der Waals surface area contributed by atoms with Gasteiger partial charge in [-0.15, -0.1) is 0 Å². The van der Waals surface area contributed by atoms with Crippen molar-refractivity contribution >= 4 is 11.7 Å². The Bertz CT molecular complexity index is 748. The maximum absolute atomic E-state index is 12.2. The van der Waals surface area contributed by atoms with E-state index >= 15 is 0 Å². The van der Waals surface area contributed by atoms with Gasteiger partial charge < -0.3 is 24.7 Å². The minimum atomic E-state index is -0.144. The van der Waals surface area contributed by atoms with E-state index in [0.717, 1.165) is 36.7 Å². The Kier molecular flexibility index (Phi) is 6.81. The number of hydrogen-bond acceptors (Lipinski definition) is 5. The zero-order valence-electron chi connectivity index (χ0n) is 16.9. The van der Waals surface area contributed by atoms with Crippen LogP contribution in [0.3, 0.4) is 0 Å². The van der Waals surface area contributed by atoms with Crippen LogP contribution in [0, 0.1) is 5.92 Å². The predicted molar refractivity (Wildman–Crippen MR) is 110 cm³/mol. The third-order valence-electron chi connectivity index (χ3n) is 5.21. The molecule has 1 aliphatic rings. The van der Waals surface area contributed by atoms with Crippen LogP contribution in [-0.2, 0) is 0 Å². The maximum Gasteiger partial charge on any atom is 0.314 e. The number of likely N-dealkylation sites (N-methyl/N-ethyl adjacent to an activating group) is 1. The van der Waals surface area contributed by atoms with Gasteiger partial charge in [-0.2, -0.15) is 0 Å². The molecule has 2 unspecified atom stereocenters. The number of para-hydroxylation sites is 2. The highest BCUT2D eigenvalue weighted by molar-refractivity contribution is 5.73. The molecule has 28 heavy (non-hydrogen) atoms. The summed E-state index contributed by atoms with van der Waals surface area (Å²) in [5.74, 6) is 2.15. The summed E-state index contributed by atoms with van der Waals surface area (Å²) in [4.78, 5) is 16.6. The number of benzene rings is 1. The second-order valence-corrected chi connectivity index (χ2v) is 7.36. The van der Waals surface area contributed by atoms with Gasteiger partial charge in [0.15, 0.2) is 0 Å². The monoisotopic (exact) mass is 386 g/mol. The van der Waals surface area contributed by atoms with E-state index in [9.17, 15) is 4.79 Å². The molecule has 1 fully saturated rings. The molecule has 0 bridgehead atoms. The lowest BCUT2D eigenvalue weighted by Gasteiger charge is -2.23. The number of hydrogen-bond donors (Lipinski definition) is 2. The van der Waals surface area contributed by atoms with Crippen molar-refractivity contribution in [2.45, 2.75) is 12.5 Å². The van der Waals surface area contributed by atoms with E-state index in [2.05, 4.69) is 21.6 Å². The third-order valence-corrected chi connectivity index (χ3v) is 5.21. The van der Waals surface area contributed by atoms with E-state index < -0.39 is 0 Å². The lowest BCUT2D eigenvalue weighted by Crippen LogP contribution is -2.42. The van der Waals surface area contributed by atoms with Gasteiger partial charge in [0, 0.05) is 26.2 Å². The fraction of sp³-hybridized carbons (Fsp3) is 0.476. The summed E-state index contributed by atoms with van der Waals surface area (Å²) in [5, 5.41) is 5.96. The molecule has 0 spiro atoms. The number of methoxy groups -OCH3 is 1. The van der Waals surface area contributed by atoms with E-state index in [0.29, 0.717) is 19.0 Å². The number of ether oxygens (including phenoxy) is 1. The van der Waals surface area contributed by atoms with Crippen LogP contribution in [0.5, 0.6) is 5.75 Å². The van der Waals surface area contributed by atoms with Crippen LogP contribution in [0.1, 0.15) is 18.2 Å². The van der Waals surface area contributed by atoms with Gasteiger partial charge in [-0.3, -0.25) is 4.90 Å². The Morgan fingerprint density at radius 2 is 2.11 bits per heavy atom. The molecule has 2 amide bonds. The lowest BCUT2D eigenvalue weighted by atomic mass is 10.1. The summed E-state index contributed by atoms with van der Waals surface area (Å²) in [5.41, 5.74) is 1.12. The molecular formula is C21H30N4O3. The first kappa shape index (κ1) is 20.1. The number of furan rings is 1. The fourth-order valence-electron chi connectivity index (χ4n) is 3.62. The van der Waals surface area contributed by atoms with Gasteiger partial charge >= 0.3 is 6.03 Å². The predicted octanol–water partition coefficient (Wildman–Crippen LogP) is 2.72. The molecule has 2 atom stereocenters. The largest absolute Gasteiger partial charge is 0.495 e. The molecule has 3 rings (SSSR count). The third kappa shape index (κ3) is 4.98. The van der Waals surface area contributed by atoms with Gasteiger partial charge in [0.1, 0.15) is 11.5 Å². The molecule has 7 nitrogen and oxygen atoms in total. The summed E-state index contributed by atoms with van der Waals surface area (Å²) in [6.45, 7) is 3.03. The van der Waals surface area contributed by atoms with E-state index in [1.165, 1.54) is 0 Å². The highest BCUT2D eigenvalue weighted by atomic mass is 16.5. The Morgan fingerprint density at radius 3 is 2.82 bits per heavy atom. The summed E-state index contributed by atoms with van der Waals surface area (Å²) in [6, 6.07) is 11.7. The molecule has 0 aliphatic carbocycles. The summed E-state index contributed by atoms with van der Waals surface area (Å²) < 4.78 is 10.9. The van der Waals surface area contributed by atoms with Crippen LogP contribution in [-0.4, -0.2) is 58.3 Å². The van der Waals surface area contributed by atoms with Crippen LogP contribution in [0.15, 0.2) is 47.1 Å². The summed E-state index contributed by atoms with van der Waals surface area (Å²) >= 11 is 0. The molecular weight excluding hydrogens is 356 g/mol. The van der Waals surface area contributed by atoms with Crippen molar-refractivity contribution in [3.8, 4) is 5.75 Å². The number of carbonyl (C=O) groups excluding carboxylic acids is 1. The van der Waals surface area contributed by atoms with Gasteiger partial charge in [-0.25, -0.2) is 4.79 Å². The van der Waals surface area contributed by atoms with Gasteiger partial charge in [0.05, 0.1) is 25.1 Å². The molecule has 1 aromatic heterocycles. The molecule has 0 saturated carbocycles. The van der Waals surface area contributed by atoms with Crippen LogP contribution < -0.4 is 20.3 Å². The van der Waals surface area contributed by atoms with Crippen molar-refractivity contribution in [1.29, 1.82) is 0 Å². The van der Waals surface area contributed by atoms with Crippen LogP contribution in [0.25, 0.3) is 0 Å². The van der Waals surface area contributed by atoms with Gasteiger partial charge in [0.25, 0.3) is 0 Å². The van der Waals surface area contributed by atoms with Crippen LogP contribution in [0.4, 0.5) is 10.5 Å². The zero-order chi connectivity index (χ0) is 19.9. The van der Waals surface area contributed by atoms with Gasteiger partial charge in [-0.05, 0) is 50.7 Å². The number of nitrogens with one attached hydrogen (secondary N) is 2. The molecule has 2 heterocycles. The number of carbonyl (C=O) groups is 1. The van der Waals surface area contributed by atoms with Crippen molar-refractivity contribution in [3.05, 3.63) is 48.4 Å². The van der Waals surface area contributed by atoms with E-state index in [1.807, 2.05) is 49.3 Å². The van der Waals surface area contributed by atoms with Crippen LogP contribution >= 0.6 is 0 Å². The molecule has 2 aromatic rings. The Hall–Kier alpha value is -2.67. The highest BCUT2D eigenvalue weighted by Crippen LogP contribution is 2.31. The second kappa shape index (κ2) is 9.50. The maximum atomic E-state index is 12.2. The van der Waals surface area contributed by atoms with Gasteiger partial charge in [0.2, 0.25) is 0 Å². The number of amides is 2. The van der Waals surface area contributed by atoms with Crippen molar-refractivity contribution in [2.24, 2.45) is 5.92 Å². The quantitative estimate of drug-likeness (QED) is 0.730. The number of urea groups is 1. The molecule has 1 aliphatic heterocycles. The molecule has 7 heteroatoms. The molecule has 152 valence electrons.